The van der Waals surface area contributed by atoms with E-state index in [-0.39, 0.29) is 17.4 Å². The third-order valence-corrected chi connectivity index (χ3v) is 4.76. The first-order chi connectivity index (χ1) is 9.90. The molecule has 2 rings (SSSR count). The lowest BCUT2D eigenvalue weighted by molar-refractivity contribution is -0.128. The normalized spacial score (nSPS) is 27.1. The molecule has 116 valence electrons. The number of nitrogens with one attached hydrogen (secondary N) is 1. The van der Waals surface area contributed by atoms with Gasteiger partial charge in [-0.15, -0.1) is 0 Å². The Morgan fingerprint density at radius 1 is 1.48 bits per heavy atom. The highest BCUT2D eigenvalue weighted by atomic mass is 16.1. The van der Waals surface area contributed by atoms with Gasteiger partial charge in [-0.25, -0.2) is 0 Å². The summed E-state index contributed by atoms with van der Waals surface area (Å²) in [5, 5.41) is 3.11. The summed E-state index contributed by atoms with van der Waals surface area (Å²) in [6.07, 6.45) is 4.10. The van der Waals surface area contributed by atoms with Crippen LogP contribution in [0.1, 0.15) is 56.6 Å². The van der Waals surface area contributed by atoms with Crippen molar-refractivity contribution >= 4 is 5.91 Å². The standard InChI is InChI=1S/C18H28N2O/c1-13-7-6-8-15(11-13)14(2)12-20-17(21)16-9-4-5-10-18(16,3)19/h6-8,11,14,16H,4-5,9-10,12,19H2,1-3H3,(H,20,21). The maximum absolute atomic E-state index is 12.4. The maximum Gasteiger partial charge on any atom is 0.224 e. The third kappa shape index (κ3) is 4.07. The first-order valence-corrected chi connectivity index (χ1v) is 8.03. The summed E-state index contributed by atoms with van der Waals surface area (Å²) in [5.41, 5.74) is 8.48. The van der Waals surface area contributed by atoms with E-state index in [0.29, 0.717) is 12.5 Å². The van der Waals surface area contributed by atoms with Gasteiger partial charge in [-0.05, 0) is 38.2 Å². The van der Waals surface area contributed by atoms with Crippen molar-refractivity contribution in [1.82, 2.24) is 5.32 Å². The number of hydrogen-bond donors (Lipinski definition) is 2. The molecule has 1 fully saturated rings. The Hall–Kier alpha value is -1.35. The molecular weight excluding hydrogens is 260 g/mol. The summed E-state index contributed by atoms with van der Waals surface area (Å²) in [4.78, 5) is 12.4. The van der Waals surface area contributed by atoms with Gasteiger partial charge < -0.3 is 11.1 Å². The molecule has 21 heavy (non-hydrogen) atoms. The second kappa shape index (κ2) is 6.61. The fourth-order valence-electron chi connectivity index (χ4n) is 3.26. The third-order valence-electron chi connectivity index (χ3n) is 4.76. The Labute approximate surface area is 128 Å². The minimum atomic E-state index is -0.352. The molecule has 1 saturated carbocycles. The molecule has 0 radical (unpaired) electrons. The monoisotopic (exact) mass is 288 g/mol. The Bertz CT molecular complexity index is 496. The smallest absolute Gasteiger partial charge is 0.224 e. The van der Waals surface area contributed by atoms with Gasteiger partial charge in [0, 0.05) is 12.1 Å². The van der Waals surface area contributed by atoms with Crippen molar-refractivity contribution in [3.05, 3.63) is 35.4 Å². The number of hydrogen-bond acceptors (Lipinski definition) is 2. The van der Waals surface area contributed by atoms with E-state index in [0.717, 1.165) is 25.7 Å². The Kier molecular flexibility index (Phi) is 5.04. The maximum atomic E-state index is 12.4. The summed E-state index contributed by atoms with van der Waals surface area (Å²) in [6, 6.07) is 8.47. The molecule has 0 spiro atoms. The van der Waals surface area contributed by atoms with E-state index in [1.807, 2.05) is 6.92 Å². The molecule has 3 atom stereocenters. The average Bonchev–Trinajstić information content (AvgIpc) is 2.44. The second-order valence-corrected chi connectivity index (χ2v) is 6.86. The molecule has 0 aromatic heterocycles. The summed E-state index contributed by atoms with van der Waals surface area (Å²) in [6.45, 7) is 6.93. The molecule has 3 heteroatoms. The van der Waals surface area contributed by atoms with Crippen molar-refractivity contribution in [3.63, 3.8) is 0 Å². The number of amides is 1. The van der Waals surface area contributed by atoms with E-state index in [4.69, 9.17) is 5.73 Å². The first-order valence-electron chi connectivity index (χ1n) is 8.03. The van der Waals surface area contributed by atoms with Gasteiger partial charge in [0.15, 0.2) is 0 Å². The fraction of sp³-hybridized carbons (Fsp3) is 0.611. The van der Waals surface area contributed by atoms with Gasteiger partial charge in [-0.3, -0.25) is 4.79 Å². The van der Waals surface area contributed by atoms with E-state index in [9.17, 15) is 4.79 Å². The number of benzene rings is 1. The van der Waals surface area contributed by atoms with Crippen LogP contribution in [0, 0.1) is 12.8 Å². The molecular formula is C18H28N2O. The molecule has 0 aliphatic heterocycles. The van der Waals surface area contributed by atoms with Crippen LogP contribution in [0.2, 0.25) is 0 Å². The summed E-state index contributed by atoms with van der Waals surface area (Å²) in [5.74, 6) is 0.400. The van der Waals surface area contributed by atoms with Crippen molar-refractivity contribution in [1.29, 1.82) is 0 Å². The van der Waals surface area contributed by atoms with Crippen molar-refractivity contribution in [2.45, 2.75) is 57.9 Å². The second-order valence-electron chi connectivity index (χ2n) is 6.86. The molecule has 1 aromatic carbocycles. The van der Waals surface area contributed by atoms with Gasteiger partial charge in [0.05, 0.1) is 5.92 Å². The lowest BCUT2D eigenvalue weighted by Crippen LogP contribution is -2.53. The summed E-state index contributed by atoms with van der Waals surface area (Å²) >= 11 is 0. The Morgan fingerprint density at radius 3 is 2.90 bits per heavy atom. The topological polar surface area (TPSA) is 55.1 Å². The molecule has 3 unspecified atom stereocenters. The van der Waals surface area contributed by atoms with Crippen LogP contribution in [0.25, 0.3) is 0 Å². The van der Waals surface area contributed by atoms with Gasteiger partial charge in [-0.2, -0.15) is 0 Å². The number of carbonyl (C=O) groups is 1. The van der Waals surface area contributed by atoms with Gasteiger partial charge in [-0.1, -0.05) is 49.6 Å². The molecule has 1 aliphatic carbocycles. The van der Waals surface area contributed by atoms with E-state index in [2.05, 4.69) is 43.4 Å². The van der Waals surface area contributed by atoms with Crippen molar-refractivity contribution in [2.75, 3.05) is 6.54 Å². The van der Waals surface area contributed by atoms with Crippen LogP contribution in [-0.4, -0.2) is 18.0 Å². The van der Waals surface area contributed by atoms with Gasteiger partial charge in [0.1, 0.15) is 0 Å². The van der Waals surface area contributed by atoms with Crippen LogP contribution in [0.4, 0.5) is 0 Å². The molecule has 1 aromatic rings. The van der Waals surface area contributed by atoms with Crippen LogP contribution >= 0.6 is 0 Å². The predicted molar refractivity (Wildman–Crippen MR) is 87.2 cm³/mol. The lowest BCUT2D eigenvalue weighted by atomic mass is 9.74. The lowest BCUT2D eigenvalue weighted by Gasteiger charge is -2.37. The highest BCUT2D eigenvalue weighted by molar-refractivity contribution is 5.80. The number of nitrogens with two attached hydrogens (primary N) is 1. The van der Waals surface area contributed by atoms with Crippen LogP contribution in [-0.2, 0) is 4.79 Å². The van der Waals surface area contributed by atoms with Gasteiger partial charge in [0.2, 0.25) is 5.91 Å². The zero-order valence-corrected chi connectivity index (χ0v) is 13.5. The largest absolute Gasteiger partial charge is 0.355 e. The van der Waals surface area contributed by atoms with E-state index in [1.54, 1.807) is 0 Å². The van der Waals surface area contributed by atoms with Crippen LogP contribution in [0.5, 0.6) is 0 Å². The Morgan fingerprint density at radius 2 is 2.24 bits per heavy atom. The van der Waals surface area contributed by atoms with Crippen LogP contribution in [0.15, 0.2) is 24.3 Å². The van der Waals surface area contributed by atoms with Crippen molar-refractivity contribution in [2.24, 2.45) is 11.7 Å². The van der Waals surface area contributed by atoms with E-state index in [1.165, 1.54) is 11.1 Å². The predicted octanol–water partition coefficient (Wildman–Crippen LogP) is 3.12. The fourth-order valence-corrected chi connectivity index (χ4v) is 3.26. The SMILES string of the molecule is Cc1cccc(C(C)CNC(=O)C2CCCCC2(C)N)c1. The first kappa shape index (κ1) is 16.0. The van der Waals surface area contributed by atoms with Crippen molar-refractivity contribution < 1.29 is 4.79 Å². The van der Waals surface area contributed by atoms with E-state index >= 15 is 0 Å². The molecule has 0 bridgehead atoms. The average molecular weight is 288 g/mol. The summed E-state index contributed by atoms with van der Waals surface area (Å²) in [7, 11) is 0. The van der Waals surface area contributed by atoms with Crippen LogP contribution < -0.4 is 11.1 Å². The quantitative estimate of drug-likeness (QED) is 0.894. The molecule has 0 saturated heterocycles. The molecule has 1 amide bonds. The Balaban J connectivity index is 1.91. The number of rotatable bonds is 4. The number of aryl methyl sites for hydroxylation is 1. The van der Waals surface area contributed by atoms with Gasteiger partial charge >= 0.3 is 0 Å². The highest BCUT2D eigenvalue weighted by Gasteiger charge is 2.37. The van der Waals surface area contributed by atoms with E-state index < -0.39 is 0 Å². The number of carbonyl (C=O) groups excluding carboxylic acids is 1. The summed E-state index contributed by atoms with van der Waals surface area (Å²) < 4.78 is 0. The minimum absolute atomic E-state index is 0.0454. The zero-order valence-electron chi connectivity index (χ0n) is 13.5. The molecule has 3 nitrogen and oxygen atoms in total. The van der Waals surface area contributed by atoms with Gasteiger partial charge in [0.25, 0.3) is 0 Å². The van der Waals surface area contributed by atoms with Crippen LogP contribution in [0.3, 0.4) is 0 Å². The highest BCUT2D eigenvalue weighted by Crippen LogP contribution is 2.31. The zero-order chi connectivity index (χ0) is 15.5. The minimum Gasteiger partial charge on any atom is -0.355 e. The van der Waals surface area contributed by atoms with Crippen molar-refractivity contribution in [3.8, 4) is 0 Å². The molecule has 1 aliphatic rings. The molecule has 3 N–H and O–H groups in total. The molecule has 0 heterocycles.